The number of phenols is 1. The van der Waals surface area contributed by atoms with Crippen LogP contribution < -0.4 is 4.74 Å². The maximum atomic E-state index is 12.6. The second-order valence-electron chi connectivity index (χ2n) is 7.17. The van der Waals surface area contributed by atoms with Gasteiger partial charge in [-0.15, -0.1) is 0 Å². The van der Waals surface area contributed by atoms with Crippen LogP contribution in [0, 0.1) is 5.92 Å². The number of Topliss-reactive ketones (excluding diaryl/α,β-unsaturated/α-hetero) is 1. The molecule has 0 saturated carbocycles. The molecule has 1 N–H and O–H groups in total. The number of ether oxygens (including phenoxy) is 2. The van der Waals surface area contributed by atoms with Crippen molar-refractivity contribution in [2.45, 2.75) is 30.7 Å². The van der Waals surface area contributed by atoms with E-state index in [1.54, 1.807) is 14.2 Å². The number of fused-ring (bicyclic) bond motifs is 1. The van der Waals surface area contributed by atoms with E-state index in [1.165, 1.54) is 0 Å². The summed E-state index contributed by atoms with van der Waals surface area (Å²) in [5.41, 5.74) is 1.68. The summed E-state index contributed by atoms with van der Waals surface area (Å²) in [5, 5.41) is 10.9. The fourth-order valence-electron chi connectivity index (χ4n) is 5.03. The number of benzene rings is 1. The average Bonchev–Trinajstić information content (AvgIpc) is 2.57. The summed E-state index contributed by atoms with van der Waals surface area (Å²) in [6, 6.07) is 4.18. The monoisotopic (exact) mass is 329 g/mol. The predicted molar refractivity (Wildman–Crippen MR) is 89.3 cm³/mol. The molecule has 0 amide bonds. The number of methoxy groups -OCH3 is 2. The Morgan fingerprint density at radius 1 is 1.29 bits per heavy atom. The third-order valence-electron chi connectivity index (χ3n) is 6.21. The van der Waals surface area contributed by atoms with Crippen molar-refractivity contribution in [1.82, 2.24) is 4.90 Å². The Morgan fingerprint density at radius 3 is 2.79 bits per heavy atom. The first kappa shape index (κ1) is 15.5. The summed E-state index contributed by atoms with van der Waals surface area (Å²) in [5.74, 6) is 1.32. The summed E-state index contributed by atoms with van der Waals surface area (Å²) in [6.07, 6.45) is 4.08. The Kier molecular flexibility index (Phi) is 3.39. The number of likely N-dealkylation sites (tertiary alicyclic amines) is 1. The van der Waals surface area contributed by atoms with E-state index in [2.05, 4.69) is 11.9 Å². The van der Waals surface area contributed by atoms with Gasteiger partial charge in [0, 0.05) is 29.4 Å². The SMILES string of the molecule is COC1=C[C@@H]2[C@@H]3Cc4ccc(OC)c(O)c4C2(CCN3C)CC1=O. The van der Waals surface area contributed by atoms with Crippen molar-refractivity contribution in [3.8, 4) is 11.5 Å². The molecule has 1 saturated heterocycles. The Balaban J connectivity index is 1.97. The van der Waals surface area contributed by atoms with Crippen molar-refractivity contribution in [1.29, 1.82) is 0 Å². The van der Waals surface area contributed by atoms with E-state index < -0.39 is 0 Å². The van der Waals surface area contributed by atoms with Gasteiger partial charge in [-0.25, -0.2) is 0 Å². The van der Waals surface area contributed by atoms with Gasteiger partial charge in [-0.1, -0.05) is 6.07 Å². The lowest BCUT2D eigenvalue weighted by Crippen LogP contribution is -2.60. The number of rotatable bonds is 2. The highest BCUT2D eigenvalue weighted by Crippen LogP contribution is 2.57. The van der Waals surface area contributed by atoms with Crippen LogP contribution in [0.3, 0.4) is 0 Å². The van der Waals surface area contributed by atoms with Crippen molar-refractivity contribution < 1.29 is 19.4 Å². The van der Waals surface area contributed by atoms with Crippen LogP contribution in [0.5, 0.6) is 11.5 Å². The number of carbonyl (C=O) groups is 1. The molecule has 5 heteroatoms. The van der Waals surface area contributed by atoms with E-state index in [0.29, 0.717) is 24.0 Å². The fraction of sp³-hybridized carbons (Fsp3) is 0.526. The number of phenolic OH excluding ortho intramolecular Hbond substituents is 1. The highest BCUT2D eigenvalue weighted by molar-refractivity contribution is 5.96. The summed E-state index contributed by atoms with van der Waals surface area (Å²) < 4.78 is 10.6. The maximum Gasteiger partial charge on any atom is 0.197 e. The summed E-state index contributed by atoms with van der Waals surface area (Å²) >= 11 is 0. The second-order valence-corrected chi connectivity index (χ2v) is 7.17. The molecule has 1 aromatic carbocycles. The van der Waals surface area contributed by atoms with Gasteiger partial charge >= 0.3 is 0 Å². The summed E-state index contributed by atoms with van der Waals surface area (Å²) in [7, 11) is 5.25. The highest BCUT2D eigenvalue weighted by atomic mass is 16.5. The molecule has 128 valence electrons. The Labute approximate surface area is 141 Å². The van der Waals surface area contributed by atoms with Gasteiger partial charge in [0.05, 0.1) is 14.2 Å². The molecule has 0 radical (unpaired) electrons. The van der Waals surface area contributed by atoms with Crippen LogP contribution >= 0.6 is 0 Å². The largest absolute Gasteiger partial charge is 0.504 e. The van der Waals surface area contributed by atoms with Crippen LogP contribution in [0.25, 0.3) is 0 Å². The number of piperidine rings is 1. The molecule has 4 rings (SSSR count). The number of likely N-dealkylation sites (N-methyl/N-ethyl adjacent to an activating group) is 1. The Bertz CT molecular complexity index is 741. The minimum atomic E-state index is -0.359. The van der Waals surface area contributed by atoms with Gasteiger partial charge in [-0.05, 0) is 44.1 Å². The van der Waals surface area contributed by atoms with Gasteiger partial charge in [-0.2, -0.15) is 0 Å². The lowest BCUT2D eigenvalue weighted by atomic mass is 9.53. The van der Waals surface area contributed by atoms with E-state index in [1.807, 2.05) is 18.2 Å². The van der Waals surface area contributed by atoms with E-state index in [-0.39, 0.29) is 22.9 Å². The van der Waals surface area contributed by atoms with Crippen molar-refractivity contribution >= 4 is 5.78 Å². The molecule has 2 aliphatic carbocycles. The van der Waals surface area contributed by atoms with E-state index in [9.17, 15) is 9.90 Å². The molecule has 0 aromatic heterocycles. The van der Waals surface area contributed by atoms with Gasteiger partial charge in [0.2, 0.25) is 0 Å². The number of ketones is 1. The van der Waals surface area contributed by atoms with Crippen LogP contribution in [0.4, 0.5) is 0 Å². The van der Waals surface area contributed by atoms with Gasteiger partial charge in [0.25, 0.3) is 0 Å². The number of carbonyl (C=O) groups excluding carboxylic acids is 1. The molecular weight excluding hydrogens is 306 g/mol. The Hall–Kier alpha value is -2.01. The number of aromatic hydroxyl groups is 1. The minimum absolute atomic E-state index is 0.0205. The minimum Gasteiger partial charge on any atom is -0.504 e. The second kappa shape index (κ2) is 5.24. The van der Waals surface area contributed by atoms with E-state index in [0.717, 1.165) is 30.5 Å². The summed E-state index contributed by atoms with van der Waals surface area (Å²) in [6.45, 7) is 0.917. The normalized spacial score (nSPS) is 31.8. The van der Waals surface area contributed by atoms with Crippen molar-refractivity contribution in [3.63, 3.8) is 0 Å². The molecular formula is C19H23NO4. The molecule has 2 bridgehead atoms. The molecule has 1 heterocycles. The van der Waals surface area contributed by atoms with E-state index >= 15 is 0 Å². The average molecular weight is 329 g/mol. The van der Waals surface area contributed by atoms with Gasteiger partial charge in [0.15, 0.2) is 23.0 Å². The first-order chi connectivity index (χ1) is 11.5. The maximum absolute atomic E-state index is 12.6. The van der Waals surface area contributed by atoms with Crippen LogP contribution in [0.2, 0.25) is 0 Å². The molecule has 1 aromatic rings. The topological polar surface area (TPSA) is 59.0 Å². The Morgan fingerprint density at radius 2 is 2.08 bits per heavy atom. The molecule has 3 aliphatic rings. The van der Waals surface area contributed by atoms with Gasteiger partial charge in [0.1, 0.15) is 0 Å². The fourth-order valence-corrected chi connectivity index (χ4v) is 5.03. The predicted octanol–water partition coefficient (Wildman–Crippen LogP) is 2.02. The number of hydrogen-bond acceptors (Lipinski definition) is 5. The molecule has 0 spiro atoms. The highest BCUT2D eigenvalue weighted by Gasteiger charge is 2.56. The van der Waals surface area contributed by atoms with Crippen LogP contribution in [0.1, 0.15) is 24.0 Å². The van der Waals surface area contributed by atoms with Gasteiger partial charge < -0.3 is 19.5 Å². The van der Waals surface area contributed by atoms with Crippen LogP contribution in [-0.2, 0) is 21.4 Å². The van der Waals surface area contributed by atoms with Crippen molar-refractivity contribution in [3.05, 3.63) is 35.1 Å². The zero-order chi connectivity index (χ0) is 17.1. The number of nitrogens with zero attached hydrogens (tertiary/aromatic N) is 1. The standard InChI is InChI=1S/C19H23NO4/c1-20-7-6-19-10-14(21)16(24-3)9-12(19)13(20)8-11-4-5-15(23-2)18(22)17(11)19/h4-5,9,12-13,22H,6-8,10H2,1-3H3/t12-,13+,19?/m1/s1. The van der Waals surface area contributed by atoms with Gasteiger partial charge in [-0.3, -0.25) is 4.79 Å². The first-order valence-electron chi connectivity index (χ1n) is 8.40. The third-order valence-corrected chi connectivity index (χ3v) is 6.21. The number of hydrogen-bond donors (Lipinski definition) is 1. The molecule has 3 atom stereocenters. The molecule has 1 fully saturated rings. The van der Waals surface area contributed by atoms with E-state index in [4.69, 9.17) is 9.47 Å². The molecule has 24 heavy (non-hydrogen) atoms. The summed E-state index contributed by atoms with van der Waals surface area (Å²) in [4.78, 5) is 15.0. The lowest BCUT2D eigenvalue weighted by molar-refractivity contribution is -0.122. The zero-order valence-corrected chi connectivity index (χ0v) is 14.3. The van der Waals surface area contributed by atoms with Crippen molar-refractivity contribution in [2.75, 3.05) is 27.8 Å². The molecule has 1 unspecified atom stereocenters. The quantitative estimate of drug-likeness (QED) is 0.899. The third kappa shape index (κ3) is 1.88. The van der Waals surface area contributed by atoms with Crippen LogP contribution in [0.15, 0.2) is 24.0 Å². The zero-order valence-electron chi connectivity index (χ0n) is 14.3. The van der Waals surface area contributed by atoms with Crippen molar-refractivity contribution in [2.24, 2.45) is 5.92 Å². The molecule has 1 aliphatic heterocycles. The first-order valence-corrected chi connectivity index (χ1v) is 8.40. The number of allylic oxidation sites excluding steroid dienone is 1. The smallest absolute Gasteiger partial charge is 0.197 e. The van der Waals surface area contributed by atoms with Crippen LogP contribution in [-0.4, -0.2) is 49.6 Å². The molecule has 5 nitrogen and oxygen atoms in total. The lowest BCUT2D eigenvalue weighted by Gasteiger charge is -2.56.